The number of carbonyl (C=O) groups is 1. The fraction of sp³-hybridized carbons (Fsp3) is 0.316. The summed E-state index contributed by atoms with van der Waals surface area (Å²) in [6.45, 7) is 6.50. The minimum Gasteiger partial charge on any atom is -0.382 e. The van der Waals surface area contributed by atoms with Gasteiger partial charge in [0.05, 0.1) is 5.69 Å². The largest absolute Gasteiger partial charge is 0.382 e. The first-order valence-electron chi connectivity index (χ1n) is 7.85. The van der Waals surface area contributed by atoms with Crippen LogP contribution in [0.25, 0.3) is 0 Å². The van der Waals surface area contributed by atoms with E-state index >= 15 is 0 Å². The quantitative estimate of drug-likeness (QED) is 0.833. The topological polar surface area (TPSA) is 41.1 Å². The summed E-state index contributed by atoms with van der Waals surface area (Å²) in [5.74, 6) is -1.47. The molecule has 0 atom stereocenters. The molecule has 2 aromatic rings. The van der Waals surface area contributed by atoms with E-state index < -0.39 is 11.6 Å². The SMILES string of the molecule is CC(C)(C)c1ccccc1NC(=O)CCNc1ccc(F)cc1F. The molecule has 0 saturated carbocycles. The Hall–Kier alpha value is -2.43. The number of hydrogen-bond acceptors (Lipinski definition) is 2. The van der Waals surface area contributed by atoms with E-state index in [4.69, 9.17) is 0 Å². The van der Waals surface area contributed by atoms with Gasteiger partial charge >= 0.3 is 0 Å². The molecule has 0 aromatic heterocycles. The number of para-hydroxylation sites is 1. The van der Waals surface area contributed by atoms with Crippen molar-refractivity contribution in [3.05, 3.63) is 59.7 Å². The molecule has 0 unspecified atom stereocenters. The molecule has 2 aromatic carbocycles. The van der Waals surface area contributed by atoms with Gasteiger partial charge < -0.3 is 10.6 Å². The minimum absolute atomic E-state index is 0.0840. The van der Waals surface area contributed by atoms with E-state index in [0.717, 1.165) is 17.3 Å². The number of halogens is 2. The van der Waals surface area contributed by atoms with E-state index in [9.17, 15) is 13.6 Å². The molecule has 3 nitrogen and oxygen atoms in total. The molecule has 2 N–H and O–H groups in total. The number of amides is 1. The summed E-state index contributed by atoms with van der Waals surface area (Å²) < 4.78 is 26.3. The lowest BCUT2D eigenvalue weighted by Gasteiger charge is -2.23. The van der Waals surface area contributed by atoms with Crippen molar-refractivity contribution in [3.8, 4) is 0 Å². The van der Waals surface area contributed by atoms with Crippen molar-refractivity contribution in [2.24, 2.45) is 0 Å². The van der Waals surface area contributed by atoms with Crippen molar-refractivity contribution in [2.45, 2.75) is 32.6 Å². The lowest BCUT2D eigenvalue weighted by atomic mass is 9.86. The first-order chi connectivity index (χ1) is 11.3. The van der Waals surface area contributed by atoms with Gasteiger partial charge in [-0.05, 0) is 29.2 Å². The van der Waals surface area contributed by atoms with Crippen molar-refractivity contribution in [1.29, 1.82) is 0 Å². The van der Waals surface area contributed by atoms with E-state index in [1.165, 1.54) is 12.1 Å². The maximum absolute atomic E-state index is 13.5. The van der Waals surface area contributed by atoms with Crippen molar-refractivity contribution < 1.29 is 13.6 Å². The van der Waals surface area contributed by atoms with Crippen LogP contribution in [0.15, 0.2) is 42.5 Å². The highest BCUT2D eigenvalue weighted by Crippen LogP contribution is 2.29. The highest BCUT2D eigenvalue weighted by atomic mass is 19.1. The number of rotatable bonds is 5. The number of nitrogens with one attached hydrogen (secondary N) is 2. The third-order valence-electron chi connectivity index (χ3n) is 3.61. The van der Waals surface area contributed by atoms with E-state index in [-0.39, 0.29) is 30.0 Å². The van der Waals surface area contributed by atoms with Gasteiger partial charge in [-0.2, -0.15) is 0 Å². The summed E-state index contributed by atoms with van der Waals surface area (Å²) in [5, 5.41) is 5.69. The zero-order chi connectivity index (χ0) is 17.7. The summed E-state index contributed by atoms with van der Waals surface area (Å²) in [6.07, 6.45) is 0.176. The molecule has 2 rings (SSSR count). The van der Waals surface area contributed by atoms with Crippen LogP contribution in [-0.2, 0) is 10.2 Å². The van der Waals surface area contributed by atoms with Crippen LogP contribution in [0.4, 0.5) is 20.2 Å². The van der Waals surface area contributed by atoms with Gasteiger partial charge in [0.25, 0.3) is 0 Å². The summed E-state index contributed by atoms with van der Waals surface area (Å²) in [6, 6.07) is 11.0. The van der Waals surface area contributed by atoms with Gasteiger partial charge in [-0.1, -0.05) is 39.0 Å². The molecular formula is C19H22F2N2O. The normalized spacial score (nSPS) is 11.2. The number of anilines is 2. The average Bonchev–Trinajstić information content (AvgIpc) is 2.49. The second kappa shape index (κ2) is 7.43. The second-order valence-corrected chi connectivity index (χ2v) is 6.64. The second-order valence-electron chi connectivity index (χ2n) is 6.64. The van der Waals surface area contributed by atoms with Gasteiger partial charge in [0.15, 0.2) is 0 Å². The molecule has 0 aliphatic rings. The number of hydrogen-bond donors (Lipinski definition) is 2. The fourth-order valence-corrected chi connectivity index (χ4v) is 2.40. The Morgan fingerprint density at radius 1 is 1.04 bits per heavy atom. The predicted molar refractivity (Wildman–Crippen MR) is 93.2 cm³/mol. The van der Waals surface area contributed by atoms with E-state index in [2.05, 4.69) is 31.4 Å². The summed E-state index contributed by atoms with van der Waals surface area (Å²) in [7, 11) is 0. The number of carbonyl (C=O) groups excluding carboxylic acids is 1. The molecule has 128 valence electrons. The maximum atomic E-state index is 13.5. The van der Waals surface area contributed by atoms with E-state index in [1.54, 1.807) is 0 Å². The Kier molecular flexibility index (Phi) is 5.54. The van der Waals surface area contributed by atoms with Gasteiger partial charge in [-0.3, -0.25) is 4.79 Å². The van der Waals surface area contributed by atoms with Crippen LogP contribution in [0.1, 0.15) is 32.8 Å². The van der Waals surface area contributed by atoms with Gasteiger partial charge in [0.1, 0.15) is 11.6 Å². The maximum Gasteiger partial charge on any atom is 0.226 e. The van der Waals surface area contributed by atoms with Crippen LogP contribution in [-0.4, -0.2) is 12.5 Å². The molecule has 0 heterocycles. The molecular weight excluding hydrogens is 310 g/mol. The molecule has 0 bridgehead atoms. The van der Waals surface area contributed by atoms with Gasteiger partial charge in [-0.15, -0.1) is 0 Å². The summed E-state index contributed by atoms with van der Waals surface area (Å²) >= 11 is 0. The smallest absolute Gasteiger partial charge is 0.226 e. The van der Waals surface area contributed by atoms with Crippen LogP contribution in [0, 0.1) is 11.6 Å². The Morgan fingerprint density at radius 2 is 1.75 bits per heavy atom. The summed E-state index contributed by atoms with van der Waals surface area (Å²) in [4.78, 5) is 12.1. The Morgan fingerprint density at radius 3 is 2.42 bits per heavy atom. The zero-order valence-electron chi connectivity index (χ0n) is 14.1. The van der Waals surface area contributed by atoms with Crippen LogP contribution in [0.5, 0.6) is 0 Å². The van der Waals surface area contributed by atoms with E-state index in [0.29, 0.717) is 0 Å². The first kappa shape index (κ1) is 17.9. The van der Waals surface area contributed by atoms with Crippen LogP contribution >= 0.6 is 0 Å². The van der Waals surface area contributed by atoms with Gasteiger partial charge in [-0.25, -0.2) is 8.78 Å². The first-order valence-corrected chi connectivity index (χ1v) is 7.85. The number of benzene rings is 2. The minimum atomic E-state index is -0.673. The third-order valence-corrected chi connectivity index (χ3v) is 3.61. The van der Waals surface area contributed by atoms with Crippen molar-refractivity contribution >= 4 is 17.3 Å². The lowest BCUT2D eigenvalue weighted by molar-refractivity contribution is -0.115. The van der Waals surface area contributed by atoms with Crippen molar-refractivity contribution in [3.63, 3.8) is 0 Å². The Labute approximate surface area is 141 Å². The molecule has 0 aliphatic carbocycles. The average molecular weight is 332 g/mol. The monoisotopic (exact) mass is 332 g/mol. The molecule has 24 heavy (non-hydrogen) atoms. The highest BCUT2D eigenvalue weighted by Gasteiger charge is 2.18. The molecule has 0 spiro atoms. The summed E-state index contributed by atoms with van der Waals surface area (Å²) in [5.41, 5.74) is 1.93. The standard InChI is InChI=1S/C19H22F2N2O/c1-19(2,3)14-6-4-5-7-16(14)23-18(24)10-11-22-17-9-8-13(20)12-15(17)21/h4-9,12,22H,10-11H2,1-3H3,(H,23,24). The molecule has 1 amide bonds. The third kappa shape index (κ3) is 4.78. The molecule has 0 saturated heterocycles. The van der Waals surface area contributed by atoms with Crippen molar-refractivity contribution in [2.75, 3.05) is 17.2 Å². The molecule has 0 fully saturated rings. The van der Waals surface area contributed by atoms with Crippen LogP contribution in [0.2, 0.25) is 0 Å². The molecule has 0 aliphatic heterocycles. The van der Waals surface area contributed by atoms with Crippen LogP contribution < -0.4 is 10.6 Å². The Bertz CT molecular complexity index is 724. The lowest BCUT2D eigenvalue weighted by Crippen LogP contribution is -2.20. The van der Waals surface area contributed by atoms with Gasteiger partial charge in [0, 0.05) is 24.7 Å². The Balaban J connectivity index is 1.93. The van der Waals surface area contributed by atoms with Crippen molar-refractivity contribution in [1.82, 2.24) is 0 Å². The van der Waals surface area contributed by atoms with E-state index in [1.807, 2.05) is 24.3 Å². The molecule has 5 heteroatoms. The zero-order valence-corrected chi connectivity index (χ0v) is 14.1. The van der Waals surface area contributed by atoms with Crippen LogP contribution in [0.3, 0.4) is 0 Å². The highest BCUT2D eigenvalue weighted by molar-refractivity contribution is 5.92. The van der Waals surface area contributed by atoms with Gasteiger partial charge in [0.2, 0.25) is 5.91 Å². The predicted octanol–water partition coefficient (Wildman–Crippen LogP) is 4.70. The fourth-order valence-electron chi connectivity index (χ4n) is 2.40. The molecule has 0 radical (unpaired) electrons.